The van der Waals surface area contributed by atoms with E-state index >= 15 is 0 Å². The van der Waals surface area contributed by atoms with E-state index in [0.717, 1.165) is 16.9 Å². The largest absolute Gasteiger partial charge is 0.489 e. The van der Waals surface area contributed by atoms with E-state index < -0.39 is 6.10 Å². The molecule has 0 spiro atoms. The van der Waals surface area contributed by atoms with Crippen LogP contribution < -0.4 is 4.74 Å². The van der Waals surface area contributed by atoms with Crippen molar-refractivity contribution in [2.24, 2.45) is 7.05 Å². The van der Waals surface area contributed by atoms with Gasteiger partial charge in [0.05, 0.1) is 0 Å². The quantitative estimate of drug-likeness (QED) is 0.428. The Balaban J connectivity index is 1.43. The molecule has 4 rings (SSSR count). The number of aryl methyl sites for hydroxylation is 1. The molecule has 4 aromatic rings. The van der Waals surface area contributed by atoms with Crippen molar-refractivity contribution in [3.8, 4) is 16.9 Å². The zero-order chi connectivity index (χ0) is 21.1. The fourth-order valence-electron chi connectivity index (χ4n) is 3.25. The van der Waals surface area contributed by atoms with E-state index in [0.29, 0.717) is 17.2 Å². The van der Waals surface area contributed by atoms with E-state index in [-0.39, 0.29) is 0 Å². The second kappa shape index (κ2) is 8.65. The predicted octanol–water partition coefficient (Wildman–Crippen LogP) is 5.11. The van der Waals surface area contributed by atoms with Gasteiger partial charge in [-0.2, -0.15) is 5.10 Å². The Hall–Kier alpha value is -3.22. The van der Waals surface area contributed by atoms with E-state index in [1.165, 1.54) is 16.7 Å². The lowest BCUT2D eigenvalue weighted by atomic mass is 10.0. The molecule has 152 valence electrons. The summed E-state index contributed by atoms with van der Waals surface area (Å²) < 4.78 is 8.07. The molecule has 0 radical (unpaired) electrons. The third-order valence-electron chi connectivity index (χ3n) is 5.07. The van der Waals surface area contributed by atoms with E-state index in [4.69, 9.17) is 17.0 Å². The van der Waals surface area contributed by atoms with Gasteiger partial charge in [0.2, 0.25) is 0 Å². The summed E-state index contributed by atoms with van der Waals surface area (Å²) in [5, 5.41) is 17.3. The van der Waals surface area contributed by atoms with Crippen LogP contribution >= 0.6 is 12.2 Å². The van der Waals surface area contributed by atoms with Gasteiger partial charge in [0.1, 0.15) is 18.5 Å². The Morgan fingerprint density at radius 3 is 2.43 bits per heavy atom. The molecule has 0 saturated carbocycles. The summed E-state index contributed by atoms with van der Waals surface area (Å²) in [4.78, 5) is 0. The molecule has 1 aromatic heterocycles. The normalized spacial score (nSPS) is 12.0. The number of hydrogen-bond acceptors (Lipinski definition) is 4. The van der Waals surface area contributed by atoms with Crippen LogP contribution in [0.15, 0.2) is 72.8 Å². The van der Waals surface area contributed by atoms with Crippen LogP contribution in [0.25, 0.3) is 11.1 Å². The van der Waals surface area contributed by atoms with Crippen LogP contribution in [0.2, 0.25) is 0 Å². The number of aromatic amines is 1. The van der Waals surface area contributed by atoms with Gasteiger partial charge in [-0.1, -0.05) is 60.2 Å². The van der Waals surface area contributed by atoms with Gasteiger partial charge in [-0.15, -0.1) is 0 Å². The van der Waals surface area contributed by atoms with Gasteiger partial charge in [0.25, 0.3) is 0 Å². The van der Waals surface area contributed by atoms with Gasteiger partial charge < -0.3 is 14.4 Å². The molecule has 1 atom stereocenters. The number of aromatic nitrogens is 3. The summed E-state index contributed by atoms with van der Waals surface area (Å²) in [5.41, 5.74) is 5.43. The summed E-state index contributed by atoms with van der Waals surface area (Å²) >= 11 is 5.10. The van der Waals surface area contributed by atoms with E-state index in [1.807, 2.05) is 30.3 Å². The highest BCUT2D eigenvalue weighted by Crippen LogP contribution is 2.24. The Morgan fingerprint density at radius 1 is 1.03 bits per heavy atom. The first-order valence-electron chi connectivity index (χ1n) is 9.69. The van der Waals surface area contributed by atoms with Crippen LogP contribution in [-0.2, 0) is 13.7 Å². The molecule has 0 aliphatic heterocycles. The molecular weight excluding hydrogens is 394 g/mol. The van der Waals surface area contributed by atoms with Crippen molar-refractivity contribution >= 4 is 12.2 Å². The van der Waals surface area contributed by atoms with Crippen LogP contribution in [0.1, 0.15) is 28.6 Å². The number of aliphatic hydroxyl groups is 1. The lowest BCUT2D eigenvalue weighted by Crippen LogP contribution is -2.07. The third-order valence-corrected chi connectivity index (χ3v) is 5.44. The number of nitrogens with zero attached hydrogens (tertiary/aromatic N) is 2. The summed E-state index contributed by atoms with van der Waals surface area (Å²) in [6.45, 7) is 2.55. The molecule has 0 amide bonds. The topological polar surface area (TPSA) is 63.1 Å². The smallest absolute Gasteiger partial charge is 0.194 e. The highest BCUT2D eigenvalue weighted by molar-refractivity contribution is 7.71. The molecule has 0 bridgehead atoms. The van der Waals surface area contributed by atoms with Gasteiger partial charge in [-0.3, -0.25) is 5.10 Å². The number of nitrogens with one attached hydrogen (secondary N) is 1. The maximum atomic E-state index is 10.6. The van der Waals surface area contributed by atoms with Crippen molar-refractivity contribution in [1.29, 1.82) is 0 Å². The summed E-state index contributed by atoms with van der Waals surface area (Å²) in [7, 11) is 1.77. The van der Waals surface area contributed by atoms with Crippen LogP contribution in [-0.4, -0.2) is 19.9 Å². The standard InChI is InChI=1S/C24H23N3O2S/c1-16-6-8-18(9-7-16)20-5-3-4-17(14-20)15-29-21-12-10-19(11-13-21)22(28)23-25-26-24(30)27(23)2/h3-14,22,28H,15H2,1-2H3,(H,26,30). The number of ether oxygens (including phenoxy) is 1. The Morgan fingerprint density at radius 2 is 1.77 bits per heavy atom. The molecule has 1 heterocycles. The van der Waals surface area contributed by atoms with Crippen molar-refractivity contribution in [3.63, 3.8) is 0 Å². The fourth-order valence-corrected chi connectivity index (χ4v) is 3.39. The zero-order valence-electron chi connectivity index (χ0n) is 16.9. The summed E-state index contributed by atoms with van der Waals surface area (Å²) in [5.74, 6) is 1.21. The summed E-state index contributed by atoms with van der Waals surface area (Å²) in [6.07, 6.45) is -0.858. The number of H-pyrrole nitrogens is 1. The van der Waals surface area contributed by atoms with Gasteiger partial charge in [-0.25, -0.2) is 0 Å². The monoisotopic (exact) mass is 417 g/mol. The average Bonchev–Trinajstić information content (AvgIpc) is 3.11. The minimum absolute atomic E-state index is 0.467. The molecule has 2 N–H and O–H groups in total. The first-order valence-corrected chi connectivity index (χ1v) is 10.1. The second-order valence-electron chi connectivity index (χ2n) is 7.27. The maximum Gasteiger partial charge on any atom is 0.194 e. The highest BCUT2D eigenvalue weighted by atomic mass is 32.1. The molecule has 6 heteroatoms. The predicted molar refractivity (Wildman–Crippen MR) is 120 cm³/mol. The number of benzene rings is 3. The first-order chi connectivity index (χ1) is 14.5. The highest BCUT2D eigenvalue weighted by Gasteiger charge is 2.16. The van der Waals surface area contributed by atoms with Crippen molar-refractivity contribution in [2.45, 2.75) is 19.6 Å². The van der Waals surface area contributed by atoms with E-state index in [1.54, 1.807) is 11.6 Å². The zero-order valence-corrected chi connectivity index (χ0v) is 17.7. The minimum Gasteiger partial charge on any atom is -0.489 e. The molecule has 1 unspecified atom stereocenters. The van der Waals surface area contributed by atoms with Crippen LogP contribution in [0, 0.1) is 11.7 Å². The molecule has 0 aliphatic rings. The van der Waals surface area contributed by atoms with Gasteiger partial charge in [0.15, 0.2) is 10.6 Å². The molecular formula is C24H23N3O2S. The van der Waals surface area contributed by atoms with Gasteiger partial charge >= 0.3 is 0 Å². The number of hydrogen-bond donors (Lipinski definition) is 2. The molecule has 0 fully saturated rings. The molecule has 0 saturated heterocycles. The molecule has 30 heavy (non-hydrogen) atoms. The van der Waals surface area contributed by atoms with Gasteiger partial charge in [-0.05, 0) is 59.6 Å². The lowest BCUT2D eigenvalue weighted by molar-refractivity contribution is 0.205. The third kappa shape index (κ3) is 4.35. The van der Waals surface area contributed by atoms with Crippen molar-refractivity contribution in [1.82, 2.24) is 14.8 Å². The van der Waals surface area contributed by atoms with Gasteiger partial charge in [0, 0.05) is 7.05 Å². The number of rotatable bonds is 6. The van der Waals surface area contributed by atoms with Crippen LogP contribution in [0.5, 0.6) is 5.75 Å². The Kier molecular flexibility index (Phi) is 5.79. The van der Waals surface area contributed by atoms with Crippen molar-refractivity contribution in [3.05, 3.63) is 100 Å². The van der Waals surface area contributed by atoms with Crippen LogP contribution in [0.3, 0.4) is 0 Å². The molecule has 5 nitrogen and oxygen atoms in total. The molecule has 0 aliphatic carbocycles. The van der Waals surface area contributed by atoms with Crippen molar-refractivity contribution in [2.75, 3.05) is 0 Å². The fraction of sp³-hybridized carbons (Fsp3) is 0.167. The second-order valence-corrected chi connectivity index (χ2v) is 7.66. The van der Waals surface area contributed by atoms with E-state index in [2.05, 4.69) is 59.6 Å². The number of aliphatic hydroxyl groups excluding tert-OH is 1. The Bertz CT molecular complexity index is 1190. The maximum absolute atomic E-state index is 10.6. The lowest BCUT2D eigenvalue weighted by Gasteiger charge is -2.12. The summed E-state index contributed by atoms with van der Waals surface area (Å²) in [6, 6.07) is 24.2. The Labute approximate surface area is 180 Å². The average molecular weight is 418 g/mol. The molecule has 3 aromatic carbocycles. The van der Waals surface area contributed by atoms with Crippen molar-refractivity contribution < 1.29 is 9.84 Å². The first kappa shape index (κ1) is 20.1. The van der Waals surface area contributed by atoms with Crippen LogP contribution in [0.4, 0.5) is 0 Å². The minimum atomic E-state index is -0.858. The SMILES string of the molecule is Cc1ccc(-c2cccc(COc3ccc(C(O)c4n[nH]c(=S)n4C)cc3)c2)cc1. The van der Waals surface area contributed by atoms with E-state index in [9.17, 15) is 5.11 Å².